The number of ether oxygens (including phenoxy) is 1. The van der Waals surface area contributed by atoms with Crippen LogP contribution in [0.3, 0.4) is 0 Å². The van der Waals surface area contributed by atoms with Crippen molar-refractivity contribution in [2.24, 2.45) is 0 Å². The number of amides is 1. The van der Waals surface area contributed by atoms with Crippen LogP contribution < -0.4 is 10.1 Å². The first-order valence-corrected chi connectivity index (χ1v) is 7.90. The van der Waals surface area contributed by atoms with Crippen molar-refractivity contribution in [1.29, 1.82) is 0 Å². The third-order valence-corrected chi connectivity index (χ3v) is 3.55. The monoisotopic (exact) mass is 336 g/mol. The zero-order chi connectivity index (χ0) is 16.9. The minimum atomic E-state index is -0.962. The van der Waals surface area contributed by atoms with Gasteiger partial charge in [0.15, 0.2) is 5.60 Å². The van der Waals surface area contributed by atoms with Crippen LogP contribution in [0.5, 0.6) is 5.75 Å². The quantitative estimate of drug-likeness (QED) is 0.785. The predicted octanol–water partition coefficient (Wildman–Crippen LogP) is 3.54. The second-order valence-corrected chi connectivity index (χ2v) is 6.30. The Hall–Kier alpha value is -2.01. The summed E-state index contributed by atoms with van der Waals surface area (Å²) >= 11 is 5.84. The number of aryl methyl sites for hydroxylation is 2. The molecule has 1 N–H and O–H groups in total. The fourth-order valence-corrected chi connectivity index (χ4v) is 2.18. The molecule has 2 aromatic rings. The molecule has 0 aliphatic carbocycles. The highest BCUT2D eigenvalue weighted by atomic mass is 35.5. The Morgan fingerprint density at radius 2 is 2.04 bits per heavy atom. The van der Waals surface area contributed by atoms with E-state index >= 15 is 0 Å². The third kappa shape index (κ3) is 5.28. The zero-order valence-corrected chi connectivity index (χ0v) is 14.3. The molecule has 0 aliphatic heterocycles. The van der Waals surface area contributed by atoms with Crippen molar-refractivity contribution >= 4 is 17.5 Å². The molecule has 0 saturated carbocycles. The molecule has 0 aliphatic rings. The lowest BCUT2D eigenvalue weighted by Crippen LogP contribution is -2.46. The van der Waals surface area contributed by atoms with Crippen LogP contribution in [0.1, 0.15) is 31.7 Å². The van der Waals surface area contributed by atoms with Gasteiger partial charge in [0, 0.05) is 24.1 Å². The van der Waals surface area contributed by atoms with E-state index in [1.54, 1.807) is 38.1 Å². The Bertz CT molecular complexity index is 650. The number of halogens is 1. The molecule has 0 saturated heterocycles. The van der Waals surface area contributed by atoms with Gasteiger partial charge in [-0.15, -0.1) is 0 Å². The molecule has 0 fully saturated rings. The molecule has 2 rings (SSSR count). The van der Waals surface area contributed by atoms with Crippen LogP contribution in [0.2, 0.25) is 5.02 Å². The summed E-state index contributed by atoms with van der Waals surface area (Å²) in [4.78, 5) is 12.3. The Morgan fingerprint density at radius 1 is 1.35 bits per heavy atom. The fourth-order valence-electron chi connectivity index (χ4n) is 2.06. The molecule has 1 aromatic heterocycles. The van der Waals surface area contributed by atoms with E-state index in [0.29, 0.717) is 17.3 Å². The van der Waals surface area contributed by atoms with E-state index in [4.69, 9.17) is 20.9 Å². The van der Waals surface area contributed by atoms with E-state index in [0.717, 1.165) is 24.3 Å². The summed E-state index contributed by atoms with van der Waals surface area (Å²) < 4.78 is 10.9. The Kier molecular flexibility index (Phi) is 5.66. The first kappa shape index (κ1) is 17.3. The van der Waals surface area contributed by atoms with Crippen molar-refractivity contribution in [3.05, 3.63) is 46.8 Å². The van der Waals surface area contributed by atoms with Gasteiger partial charge < -0.3 is 14.6 Å². The molecule has 0 unspecified atom stereocenters. The van der Waals surface area contributed by atoms with Crippen molar-refractivity contribution in [2.75, 3.05) is 6.54 Å². The summed E-state index contributed by atoms with van der Waals surface area (Å²) in [6.45, 7) is 5.89. The van der Waals surface area contributed by atoms with E-state index in [1.807, 2.05) is 13.0 Å². The average molecular weight is 337 g/mol. The second kappa shape index (κ2) is 7.51. The zero-order valence-electron chi connectivity index (χ0n) is 13.6. The smallest absolute Gasteiger partial charge is 0.263 e. The van der Waals surface area contributed by atoms with Gasteiger partial charge in [0.05, 0.1) is 5.69 Å². The largest absolute Gasteiger partial charge is 0.478 e. The first-order chi connectivity index (χ1) is 10.9. The van der Waals surface area contributed by atoms with Crippen molar-refractivity contribution in [3.8, 4) is 5.75 Å². The van der Waals surface area contributed by atoms with Gasteiger partial charge in [0.25, 0.3) is 5.91 Å². The number of nitrogens with one attached hydrogen (secondary N) is 1. The summed E-state index contributed by atoms with van der Waals surface area (Å²) in [6, 6.07) is 8.83. The Balaban J connectivity index is 1.77. The topological polar surface area (TPSA) is 64.4 Å². The highest BCUT2D eigenvalue weighted by Crippen LogP contribution is 2.21. The van der Waals surface area contributed by atoms with Crippen molar-refractivity contribution in [3.63, 3.8) is 0 Å². The molecular formula is C17H21ClN2O3. The fraction of sp³-hybridized carbons (Fsp3) is 0.412. The molecule has 23 heavy (non-hydrogen) atoms. The Morgan fingerprint density at radius 3 is 2.65 bits per heavy atom. The van der Waals surface area contributed by atoms with Gasteiger partial charge in [-0.25, -0.2) is 0 Å². The lowest BCUT2D eigenvalue weighted by atomic mass is 10.1. The second-order valence-electron chi connectivity index (χ2n) is 5.86. The van der Waals surface area contributed by atoms with Gasteiger partial charge in [-0.1, -0.05) is 16.8 Å². The van der Waals surface area contributed by atoms with Crippen molar-refractivity contribution < 1.29 is 14.1 Å². The summed E-state index contributed by atoms with van der Waals surface area (Å²) in [7, 11) is 0. The summed E-state index contributed by atoms with van der Waals surface area (Å²) in [6.07, 6.45) is 1.51. The number of hydrogen-bond donors (Lipinski definition) is 1. The van der Waals surface area contributed by atoms with Crippen LogP contribution in [-0.4, -0.2) is 23.2 Å². The molecular weight excluding hydrogens is 316 g/mol. The first-order valence-electron chi connectivity index (χ1n) is 7.52. The maximum Gasteiger partial charge on any atom is 0.263 e. The number of benzene rings is 1. The van der Waals surface area contributed by atoms with Gasteiger partial charge in [0.1, 0.15) is 11.5 Å². The molecule has 0 bridgehead atoms. The molecule has 1 aromatic carbocycles. The summed E-state index contributed by atoms with van der Waals surface area (Å²) in [5.41, 5.74) is -0.0991. The highest BCUT2D eigenvalue weighted by Gasteiger charge is 2.29. The highest BCUT2D eigenvalue weighted by molar-refractivity contribution is 6.30. The van der Waals surface area contributed by atoms with Crippen molar-refractivity contribution in [1.82, 2.24) is 10.5 Å². The number of carbonyl (C=O) groups excluding carboxylic acids is 1. The lowest BCUT2D eigenvalue weighted by molar-refractivity contribution is -0.134. The van der Waals surface area contributed by atoms with Gasteiger partial charge in [-0.3, -0.25) is 4.79 Å². The molecule has 0 atom stereocenters. The summed E-state index contributed by atoms with van der Waals surface area (Å²) in [5.74, 6) is 1.27. The molecule has 5 nitrogen and oxygen atoms in total. The average Bonchev–Trinajstić information content (AvgIpc) is 2.91. The van der Waals surface area contributed by atoms with E-state index in [1.165, 1.54) is 0 Å². The maximum atomic E-state index is 12.3. The lowest BCUT2D eigenvalue weighted by Gasteiger charge is -2.25. The minimum Gasteiger partial charge on any atom is -0.478 e. The number of carbonyl (C=O) groups is 1. The van der Waals surface area contributed by atoms with Crippen LogP contribution in [0, 0.1) is 6.92 Å². The normalized spacial score (nSPS) is 11.3. The van der Waals surface area contributed by atoms with E-state index in [-0.39, 0.29) is 5.91 Å². The molecule has 1 amide bonds. The van der Waals surface area contributed by atoms with Gasteiger partial charge >= 0.3 is 0 Å². The summed E-state index contributed by atoms with van der Waals surface area (Å²) in [5, 5.41) is 7.34. The Labute approximate surface area is 141 Å². The number of nitrogens with zero attached hydrogens (tertiary/aromatic N) is 1. The van der Waals surface area contributed by atoms with E-state index < -0.39 is 5.60 Å². The maximum absolute atomic E-state index is 12.3. The molecule has 0 spiro atoms. The van der Waals surface area contributed by atoms with Crippen LogP contribution in [0.15, 0.2) is 34.9 Å². The van der Waals surface area contributed by atoms with E-state index in [2.05, 4.69) is 10.5 Å². The molecule has 1 heterocycles. The predicted molar refractivity (Wildman–Crippen MR) is 88.7 cm³/mol. The SMILES string of the molecule is Cc1cc(CCCNC(=O)C(C)(C)Oc2ccc(Cl)cc2)on1. The van der Waals surface area contributed by atoms with Crippen LogP contribution in [-0.2, 0) is 11.2 Å². The number of hydrogen-bond acceptors (Lipinski definition) is 4. The molecule has 0 radical (unpaired) electrons. The standard InChI is InChI=1S/C17H21ClN2O3/c1-12-11-15(23-20-12)5-4-10-19-16(21)17(2,3)22-14-8-6-13(18)7-9-14/h6-9,11H,4-5,10H2,1-3H3,(H,19,21). The van der Waals surface area contributed by atoms with Crippen LogP contribution in [0.4, 0.5) is 0 Å². The van der Waals surface area contributed by atoms with Crippen LogP contribution in [0.25, 0.3) is 0 Å². The van der Waals surface area contributed by atoms with Gasteiger partial charge in [0.2, 0.25) is 0 Å². The minimum absolute atomic E-state index is 0.166. The third-order valence-electron chi connectivity index (χ3n) is 3.30. The number of aromatic nitrogens is 1. The van der Waals surface area contributed by atoms with Gasteiger partial charge in [-0.2, -0.15) is 0 Å². The van der Waals surface area contributed by atoms with E-state index in [9.17, 15) is 4.79 Å². The van der Waals surface area contributed by atoms with Crippen molar-refractivity contribution in [2.45, 2.75) is 39.2 Å². The number of rotatable bonds is 7. The molecule has 6 heteroatoms. The van der Waals surface area contributed by atoms with Crippen LogP contribution >= 0.6 is 11.6 Å². The van der Waals surface area contributed by atoms with Gasteiger partial charge in [-0.05, 0) is 51.5 Å². The molecule has 124 valence electrons.